The molecule has 1 unspecified atom stereocenters. The van der Waals surface area contributed by atoms with Crippen LogP contribution in [0.3, 0.4) is 0 Å². The lowest BCUT2D eigenvalue weighted by Crippen LogP contribution is -2.39. The Morgan fingerprint density at radius 2 is 1.78 bits per heavy atom. The van der Waals surface area contributed by atoms with Crippen LogP contribution in [-0.2, 0) is 13.1 Å². The molecule has 0 aromatic heterocycles. The van der Waals surface area contributed by atoms with Gasteiger partial charge in [-0.15, -0.1) is 0 Å². The average molecular weight is 439 g/mol. The molecule has 0 spiro atoms. The molecular formula is C26H38N4O2. The Bertz CT molecular complexity index is 845. The first-order valence-electron chi connectivity index (χ1n) is 11.8. The van der Waals surface area contributed by atoms with Crippen molar-refractivity contribution >= 4 is 5.96 Å². The fourth-order valence-electron chi connectivity index (χ4n) is 3.84. The van der Waals surface area contributed by atoms with Crippen LogP contribution in [0.15, 0.2) is 53.5 Å². The van der Waals surface area contributed by atoms with Crippen LogP contribution in [0.4, 0.5) is 0 Å². The van der Waals surface area contributed by atoms with E-state index >= 15 is 0 Å². The lowest BCUT2D eigenvalue weighted by molar-refractivity contribution is 0.179. The van der Waals surface area contributed by atoms with Gasteiger partial charge in [0.1, 0.15) is 5.75 Å². The molecule has 0 saturated carbocycles. The van der Waals surface area contributed by atoms with E-state index in [2.05, 4.69) is 44.8 Å². The summed E-state index contributed by atoms with van der Waals surface area (Å²) in [5.74, 6) is 1.47. The SMILES string of the molecule is CCNC(=NCc1ccc(CN2CCCC2)cc1)NCC(O)c1cccc(OC(C)C)c1. The maximum atomic E-state index is 10.6. The standard InChI is InChI=1S/C26H38N4O2/c1-4-27-26(29-18-25(31)23-8-7-9-24(16-23)32-20(2)3)28-17-21-10-12-22(13-11-21)19-30-14-5-6-15-30/h7-13,16,20,25,31H,4-6,14-15,17-19H2,1-3H3,(H2,27,28,29). The van der Waals surface area contributed by atoms with Gasteiger partial charge in [-0.25, -0.2) is 4.99 Å². The van der Waals surface area contributed by atoms with Crippen molar-refractivity contribution in [2.75, 3.05) is 26.2 Å². The molecule has 1 atom stereocenters. The highest BCUT2D eigenvalue weighted by Gasteiger charge is 2.12. The molecule has 3 N–H and O–H groups in total. The Morgan fingerprint density at radius 1 is 1.06 bits per heavy atom. The molecule has 0 radical (unpaired) electrons. The third-order valence-corrected chi connectivity index (χ3v) is 5.47. The smallest absolute Gasteiger partial charge is 0.191 e. The number of ether oxygens (including phenoxy) is 1. The van der Waals surface area contributed by atoms with E-state index < -0.39 is 6.10 Å². The van der Waals surface area contributed by atoms with Gasteiger partial charge in [0.05, 0.1) is 18.8 Å². The third kappa shape index (κ3) is 7.84. The molecule has 2 aromatic rings. The van der Waals surface area contributed by atoms with Crippen LogP contribution < -0.4 is 15.4 Å². The Balaban J connectivity index is 1.53. The lowest BCUT2D eigenvalue weighted by atomic mass is 10.1. The van der Waals surface area contributed by atoms with Gasteiger partial charge in [-0.3, -0.25) is 4.90 Å². The average Bonchev–Trinajstić information content (AvgIpc) is 3.29. The molecule has 3 rings (SSSR count). The highest BCUT2D eigenvalue weighted by Crippen LogP contribution is 2.20. The van der Waals surface area contributed by atoms with Gasteiger partial charge in [0.15, 0.2) is 5.96 Å². The predicted octanol–water partition coefficient (Wildman–Crippen LogP) is 3.86. The normalized spacial score (nSPS) is 15.7. The zero-order valence-electron chi connectivity index (χ0n) is 19.7. The first kappa shape index (κ1) is 24.1. The molecule has 1 fully saturated rings. The Labute approximate surface area is 192 Å². The summed E-state index contributed by atoms with van der Waals surface area (Å²) >= 11 is 0. The molecule has 32 heavy (non-hydrogen) atoms. The third-order valence-electron chi connectivity index (χ3n) is 5.47. The molecule has 6 heteroatoms. The highest BCUT2D eigenvalue weighted by atomic mass is 16.5. The summed E-state index contributed by atoms with van der Waals surface area (Å²) in [5, 5.41) is 17.1. The Hall–Kier alpha value is -2.57. The van der Waals surface area contributed by atoms with Gasteiger partial charge in [-0.05, 0) is 75.5 Å². The maximum absolute atomic E-state index is 10.6. The van der Waals surface area contributed by atoms with Crippen LogP contribution in [-0.4, -0.2) is 48.2 Å². The second-order valence-corrected chi connectivity index (χ2v) is 8.63. The van der Waals surface area contributed by atoms with Gasteiger partial charge in [-0.2, -0.15) is 0 Å². The molecule has 1 aliphatic rings. The second kappa shape index (κ2) is 12.5. The largest absolute Gasteiger partial charge is 0.491 e. The number of nitrogens with zero attached hydrogens (tertiary/aromatic N) is 2. The van der Waals surface area contributed by atoms with Gasteiger partial charge < -0.3 is 20.5 Å². The molecule has 0 aliphatic carbocycles. The monoisotopic (exact) mass is 438 g/mol. The summed E-state index contributed by atoms with van der Waals surface area (Å²) in [4.78, 5) is 7.20. The summed E-state index contributed by atoms with van der Waals surface area (Å²) in [6.07, 6.45) is 2.08. The number of aliphatic hydroxyl groups excluding tert-OH is 1. The fourth-order valence-corrected chi connectivity index (χ4v) is 3.84. The van der Waals surface area contributed by atoms with E-state index in [9.17, 15) is 5.11 Å². The zero-order chi connectivity index (χ0) is 22.8. The van der Waals surface area contributed by atoms with Gasteiger partial charge >= 0.3 is 0 Å². The topological polar surface area (TPSA) is 69.1 Å². The first-order valence-corrected chi connectivity index (χ1v) is 11.8. The summed E-state index contributed by atoms with van der Waals surface area (Å²) < 4.78 is 5.73. The predicted molar refractivity (Wildman–Crippen MR) is 131 cm³/mol. The lowest BCUT2D eigenvalue weighted by Gasteiger charge is -2.17. The van der Waals surface area contributed by atoms with Gasteiger partial charge in [0.2, 0.25) is 0 Å². The Morgan fingerprint density at radius 3 is 2.47 bits per heavy atom. The number of benzene rings is 2. The summed E-state index contributed by atoms with van der Waals surface area (Å²) in [6, 6.07) is 16.3. The molecule has 1 heterocycles. The van der Waals surface area contributed by atoms with E-state index in [0.29, 0.717) is 19.0 Å². The zero-order valence-corrected chi connectivity index (χ0v) is 19.7. The summed E-state index contributed by atoms with van der Waals surface area (Å²) in [5.41, 5.74) is 3.35. The van der Waals surface area contributed by atoms with Crippen LogP contribution in [0.1, 0.15) is 56.4 Å². The minimum absolute atomic E-state index is 0.0993. The van der Waals surface area contributed by atoms with E-state index in [1.807, 2.05) is 45.0 Å². The van der Waals surface area contributed by atoms with Crippen LogP contribution in [0.25, 0.3) is 0 Å². The molecule has 0 bridgehead atoms. The summed E-state index contributed by atoms with van der Waals surface area (Å²) in [6.45, 7) is 11.2. The van der Waals surface area contributed by atoms with Gasteiger partial charge in [-0.1, -0.05) is 36.4 Å². The van der Waals surface area contributed by atoms with Crippen LogP contribution in [0.5, 0.6) is 5.75 Å². The molecule has 6 nitrogen and oxygen atoms in total. The number of likely N-dealkylation sites (tertiary alicyclic amines) is 1. The minimum atomic E-state index is -0.653. The van der Waals surface area contributed by atoms with E-state index in [4.69, 9.17) is 4.74 Å². The molecular weight excluding hydrogens is 400 g/mol. The van der Waals surface area contributed by atoms with Crippen molar-refractivity contribution in [3.8, 4) is 5.75 Å². The molecule has 1 saturated heterocycles. The number of rotatable bonds is 10. The molecule has 0 amide bonds. The summed E-state index contributed by atoms with van der Waals surface area (Å²) in [7, 11) is 0. The van der Waals surface area contributed by atoms with E-state index in [0.717, 1.165) is 24.4 Å². The van der Waals surface area contributed by atoms with Crippen molar-refractivity contribution in [1.29, 1.82) is 0 Å². The molecule has 2 aromatic carbocycles. The highest BCUT2D eigenvalue weighted by molar-refractivity contribution is 5.79. The fraction of sp³-hybridized carbons (Fsp3) is 0.500. The van der Waals surface area contributed by atoms with Crippen LogP contribution in [0.2, 0.25) is 0 Å². The molecule has 174 valence electrons. The van der Waals surface area contributed by atoms with Crippen molar-refractivity contribution in [1.82, 2.24) is 15.5 Å². The van der Waals surface area contributed by atoms with Gasteiger partial charge in [0.25, 0.3) is 0 Å². The first-order chi connectivity index (χ1) is 15.5. The number of nitrogens with one attached hydrogen (secondary N) is 2. The molecule has 1 aliphatic heterocycles. The quantitative estimate of drug-likeness (QED) is 0.388. The van der Waals surface area contributed by atoms with Crippen molar-refractivity contribution < 1.29 is 9.84 Å². The van der Waals surface area contributed by atoms with E-state index in [1.54, 1.807) is 0 Å². The van der Waals surface area contributed by atoms with Crippen LogP contribution in [0, 0.1) is 0 Å². The number of guanidine groups is 1. The van der Waals surface area contributed by atoms with Crippen molar-refractivity contribution in [3.63, 3.8) is 0 Å². The Kier molecular flexibility index (Phi) is 9.38. The van der Waals surface area contributed by atoms with Crippen LogP contribution >= 0.6 is 0 Å². The van der Waals surface area contributed by atoms with Crippen molar-refractivity contribution in [3.05, 3.63) is 65.2 Å². The number of hydrogen-bond donors (Lipinski definition) is 3. The minimum Gasteiger partial charge on any atom is -0.491 e. The van der Waals surface area contributed by atoms with E-state index in [1.165, 1.54) is 37.1 Å². The van der Waals surface area contributed by atoms with Gasteiger partial charge in [0, 0.05) is 19.6 Å². The van der Waals surface area contributed by atoms with Crippen molar-refractivity contribution in [2.45, 2.75) is 58.9 Å². The van der Waals surface area contributed by atoms with Crippen molar-refractivity contribution in [2.24, 2.45) is 4.99 Å². The number of aliphatic imine (C=N–C) groups is 1. The maximum Gasteiger partial charge on any atom is 0.191 e. The number of aliphatic hydroxyl groups is 1. The van der Waals surface area contributed by atoms with E-state index in [-0.39, 0.29) is 6.10 Å². The second-order valence-electron chi connectivity index (χ2n) is 8.63. The number of hydrogen-bond acceptors (Lipinski definition) is 4.